The molecule has 0 fully saturated rings. The first-order valence-electron chi connectivity index (χ1n) is 6.87. The van der Waals surface area contributed by atoms with Crippen molar-refractivity contribution < 1.29 is 4.79 Å². The number of nitrogens with zero attached hydrogens (tertiary/aromatic N) is 1. The van der Waals surface area contributed by atoms with E-state index < -0.39 is 0 Å². The van der Waals surface area contributed by atoms with Crippen LogP contribution in [0.1, 0.15) is 32.3 Å². The van der Waals surface area contributed by atoms with Gasteiger partial charge in [0.05, 0.1) is 12.5 Å². The summed E-state index contributed by atoms with van der Waals surface area (Å²) in [4.78, 5) is 11.3. The summed E-state index contributed by atoms with van der Waals surface area (Å²) in [5.74, 6) is 0.0170. The number of nitrogens with one attached hydrogen (secondary N) is 2. The predicted octanol–water partition coefficient (Wildman–Crippen LogP) is 2.72. The molecule has 1 aromatic carbocycles. The van der Waals surface area contributed by atoms with Crippen LogP contribution in [0, 0.1) is 16.7 Å². The van der Waals surface area contributed by atoms with Gasteiger partial charge in [0.2, 0.25) is 5.91 Å². The van der Waals surface area contributed by atoms with E-state index >= 15 is 0 Å². The van der Waals surface area contributed by atoms with Crippen LogP contribution >= 0.6 is 0 Å². The molecule has 4 heteroatoms. The summed E-state index contributed by atoms with van der Waals surface area (Å²) < 4.78 is 0. The summed E-state index contributed by atoms with van der Waals surface area (Å²) in [6, 6.07) is 10.1. The van der Waals surface area contributed by atoms with Crippen molar-refractivity contribution in [2.24, 2.45) is 5.41 Å². The molecule has 0 aromatic heterocycles. The second-order valence-corrected chi connectivity index (χ2v) is 5.72. The number of carbonyl (C=O) groups is 1. The maximum atomic E-state index is 11.3. The summed E-state index contributed by atoms with van der Waals surface area (Å²) in [5, 5.41) is 14.6. The maximum absolute atomic E-state index is 11.3. The number of rotatable bonds is 7. The fourth-order valence-electron chi connectivity index (χ4n) is 1.84. The molecular formula is C16H23N3O. The Bertz CT molecular complexity index is 471. The van der Waals surface area contributed by atoms with E-state index in [2.05, 4.69) is 30.6 Å². The van der Waals surface area contributed by atoms with Crippen LogP contribution in [0.25, 0.3) is 0 Å². The lowest BCUT2D eigenvalue weighted by Crippen LogP contribution is -2.23. The largest absolute Gasteiger partial charge is 0.385 e. The predicted molar refractivity (Wildman–Crippen MR) is 81.3 cm³/mol. The van der Waals surface area contributed by atoms with Crippen LogP contribution in [0.5, 0.6) is 0 Å². The topological polar surface area (TPSA) is 64.9 Å². The molecule has 20 heavy (non-hydrogen) atoms. The van der Waals surface area contributed by atoms with Crippen LogP contribution in [0.15, 0.2) is 24.3 Å². The number of amides is 1. The van der Waals surface area contributed by atoms with Gasteiger partial charge in [-0.2, -0.15) is 5.26 Å². The van der Waals surface area contributed by atoms with Crippen molar-refractivity contribution in [1.82, 2.24) is 5.32 Å². The summed E-state index contributed by atoms with van der Waals surface area (Å²) in [6.45, 7) is 5.12. The van der Waals surface area contributed by atoms with Crippen LogP contribution in [-0.2, 0) is 11.2 Å². The molecule has 2 N–H and O–H groups in total. The molecule has 4 nitrogen and oxygen atoms in total. The lowest BCUT2D eigenvalue weighted by molar-refractivity contribution is -0.119. The number of likely N-dealkylation sites (N-methyl/N-ethyl adjacent to an activating group) is 1. The minimum Gasteiger partial charge on any atom is -0.385 e. The Kier molecular flexibility index (Phi) is 6.05. The minimum absolute atomic E-state index is 0.0170. The fourth-order valence-corrected chi connectivity index (χ4v) is 1.84. The smallest absolute Gasteiger partial charge is 0.224 e. The van der Waals surface area contributed by atoms with Crippen molar-refractivity contribution >= 4 is 11.6 Å². The highest BCUT2D eigenvalue weighted by Gasteiger charge is 2.16. The number of hydrogen-bond acceptors (Lipinski definition) is 3. The Morgan fingerprint density at radius 2 is 1.95 bits per heavy atom. The average Bonchev–Trinajstić information content (AvgIpc) is 2.44. The molecule has 0 atom stereocenters. The van der Waals surface area contributed by atoms with Gasteiger partial charge in [0, 0.05) is 25.7 Å². The van der Waals surface area contributed by atoms with E-state index in [9.17, 15) is 4.79 Å². The van der Waals surface area contributed by atoms with Gasteiger partial charge in [0.25, 0.3) is 0 Å². The summed E-state index contributed by atoms with van der Waals surface area (Å²) >= 11 is 0. The molecule has 1 amide bonds. The number of nitriles is 1. The van der Waals surface area contributed by atoms with Gasteiger partial charge >= 0.3 is 0 Å². The molecule has 0 aliphatic heterocycles. The third-order valence-corrected chi connectivity index (χ3v) is 3.28. The van der Waals surface area contributed by atoms with Crippen molar-refractivity contribution in [3.05, 3.63) is 29.8 Å². The quantitative estimate of drug-likeness (QED) is 0.802. The highest BCUT2D eigenvalue weighted by atomic mass is 16.1. The van der Waals surface area contributed by atoms with E-state index in [0.29, 0.717) is 12.8 Å². The third-order valence-electron chi connectivity index (χ3n) is 3.28. The van der Waals surface area contributed by atoms with E-state index in [0.717, 1.165) is 24.2 Å². The lowest BCUT2D eigenvalue weighted by atomic mass is 9.88. The highest BCUT2D eigenvalue weighted by Crippen LogP contribution is 2.23. The third kappa shape index (κ3) is 5.75. The number of hydrogen-bond donors (Lipinski definition) is 2. The molecule has 1 aromatic rings. The minimum atomic E-state index is 0.0170. The van der Waals surface area contributed by atoms with E-state index in [4.69, 9.17) is 5.26 Å². The second-order valence-electron chi connectivity index (χ2n) is 5.72. The van der Waals surface area contributed by atoms with E-state index in [1.807, 2.05) is 24.3 Å². The SMILES string of the molecule is CNC(=O)Cc1ccc(NCC(C)(C)CCC#N)cc1. The molecular weight excluding hydrogens is 250 g/mol. The molecule has 0 bridgehead atoms. The van der Waals surface area contributed by atoms with Gasteiger partial charge < -0.3 is 10.6 Å². The number of benzene rings is 1. The molecule has 0 saturated heterocycles. The Labute approximate surface area is 121 Å². The molecule has 1 rings (SSSR count). The van der Waals surface area contributed by atoms with Crippen molar-refractivity contribution in [2.45, 2.75) is 33.1 Å². The first kappa shape index (κ1) is 16.0. The van der Waals surface area contributed by atoms with Crippen molar-refractivity contribution in [1.29, 1.82) is 5.26 Å². The molecule has 0 spiro atoms. The van der Waals surface area contributed by atoms with Gasteiger partial charge in [-0.1, -0.05) is 26.0 Å². The highest BCUT2D eigenvalue weighted by molar-refractivity contribution is 5.78. The number of anilines is 1. The normalized spacial score (nSPS) is 10.7. The molecule has 0 radical (unpaired) electrons. The summed E-state index contributed by atoms with van der Waals surface area (Å²) in [6.07, 6.45) is 1.87. The van der Waals surface area contributed by atoms with Crippen molar-refractivity contribution in [3.8, 4) is 6.07 Å². The van der Waals surface area contributed by atoms with Gasteiger partial charge in [-0.05, 0) is 29.5 Å². The Balaban J connectivity index is 2.49. The van der Waals surface area contributed by atoms with Gasteiger partial charge in [0.1, 0.15) is 0 Å². The van der Waals surface area contributed by atoms with E-state index in [1.165, 1.54) is 0 Å². The van der Waals surface area contributed by atoms with Gasteiger partial charge in [0.15, 0.2) is 0 Å². The Morgan fingerprint density at radius 3 is 2.50 bits per heavy atom. The van der Waals surface area contributed by atoms with Crippen molar-refractivity contribution in [2.75, 3.05) is 18.9 Å². The molecule has 0 aliphatic carbocycles. The van der Waals surface area contributed by atoms with Crippen LogP contribution in [0.2, 0.25) is 0 Å². The molecule has 108 valence electrons. The van der Waals surface area contributed by atoms with Gasteiger partial charge in [-0.3, -0.25) is 4.79 Å². The summed E-state index contributed by atoms with van der Waals surface area (Å²) in [7, 11) is 1.64. The monoisotopic (exact) mass is 273 g/mol. The van der Waals surface area contributed by atoms with Crippen LogP contribution in [-0.4, -0.2) is 19.5 Å². The molecule has 0 heterocycles. The van der Waals surface area contributed by atoms with Crippen LogP contribution in [0.3, 0.4) is 0 Å². The second kappa shape index (κ2) is 7.54. The molecule has 0 saturated carbocycles. The summed E-state index contributed by atoms with van der Waals surface area (Å²) in [5.41, 5.74) is 2.13. The Hall–Kier alpha value is -2.02. The zero-order valence-electron chi connectivity index (χ0n) is 12.5. The number of carbonyl (C=O) groups excluding carboxylic acids is 1. The van der Waals surface area contributed by atoms with E-state index in [1.54, 1.807) is 7.05 Å². The van der Waals surface area contributed by atoms with Crippen LogP contribution in [0.4, 0.5) is 5.69 Å². The first-order valence-corrected chi connectivity index (χ1v) is 6.87. The maximum Gasteiger partial charge on any atom is 0.224 e. The average molecular weight is 273 g/mol. The lowest BCUT2D eigenvalue weighted by Gasteiger charge is -2.24. The Morgan fingerprint density at radius 1 is 1.30 bits per heavy atom. The van der Waals surface area contributed by atoms with Crippen molar-refractivity contribution in [3.63, 3.8) is 0 Å². The zero-order valence-corrected chi connectivity index (χ0v) is 12.5. The van der Waals surface area contributed by atoms with Gasteiger partial charge in [-0.25, -0.2) is 0 Å². The first-order chi connectivity index (χ1) is 9.46. The van der Waals surface area contributed by atoms with Crippen LogP contribution < -0.4 is 10.6 Å². The fraction of sp³-hybridized carbons (Fsp3) is 0.500. The van der Waals surface area contributed by atoms with Gasteiger partial charge in [-0.15, -0.1) is 0 Å². The molecule has 0 aliphatic rings. The van der Waals surface area contributed by atoms with E-state index in [-0.39, 0.29) is 11.3 Å². The molecule has 0 unspecified atom stereocenters. The standard InChI is InChI=1S/C16H23N3O/c1-16(2,9-4-10-17)12-19-14-7-5-13(6-8-14)11-15(20)18-3/h5-8,19H,4,9,11-12H2,1-3H3,(H,18,20). The zero-order chi connectivity index (χ0) is 15.0.